The van der Waals surface area contributed by atoms with Crippen molar-refractivity contribution in [3.05, 3.63) is 71.8 Å². The average molecular weight is 322 g/mol. The van der Waals surface area contributed by atoms with Gasteiger partial charge in [-0.15, -0.1) is 0 Å². The summed E-state index contributed by atoms with van der Waals surface area (Å²) in [6, 6.07) is 19.7. The van der Waals surface area contributed by atoms with Crippen LogP contribution in [-0.4, -0.2) is 17.7 Å². The van der Waals surface area contributed by atoms with Gasteiger partial charge >= 0.3 is 0 Å². The SMILES string of the molecule is C/C(=N\NC(=O)C1NNC(c2ccccc2)C1C)c1ccccc1. The minimum atomic E-state index is -0.331. The predicted molar refractivity (Wildman–Crippen MR) is 95.2 cm³/mol. The van der Waals surface area contributed by atoms with Crippen LogP contribution in [0.15, 0.2) is 65.8 Å². The Balaban J connectivity index is 1.64. The predicted octanol–water partition coefficient (Wildman–Crippen LogP) is 2.38. The van der Waals surface area contributed by atoms with Gasteiger partial charge in [0.05, 0.1) is 11.8 Å². The first-order valence-electron chi connectivity index (χ1n) is 8.12. The van der Waals surface area contributed by atoms with E-state index >= 15 is 0 Å². The molecular weight excluding hydrogens is 300 g/mol. The highest BCUT2D eigenvalue weighted by Crippen LogP contribution is 2.28. The zero-order valence-electron chi connectivity index (χ0n) is 13.9. The Morgan fingerprint density at radius 1 is 1.00 bits per heavy atom. The largest absolute Gasteiger partial charge is 0.271 e. The lowest BCUT2D eigenvalue weighted by Gasteiger charge is -2.17. The van der Waals surface area contributed by atoms with Crippen LogP contribution in [-0.2, 0) is 4.79 Å². The lowest BCUT2D eigenvalue weighted by atomic mass is 9.91. The molecule has 1 aliphatic heterocycles. The van der Waals surface area contributed by atoms with Crippen molar-refractivity contribution in [1.29, 1.82) is 0 Å². The molecule has 1 amide bonds. The van der Waals surface area contributed by atoms with Crippen molar-refractivity contribution in [2.45, 2.75) is 25.9 Å². The van der Waals surface area contributed by atoms with Gasteiger partial charge < -0.3 is 0 Å². The number of hydrogen-bond acceptors (Lipinski definition) is 4. The monoisotopic (exact) mass is 322 g/mol. The zero-order valence-corrected chi connectivity index (χ0v) is 13.9. The summed E-state index contributed by atoms with van der Waals surface area (Å²) in [6.45, 7) is 3.94. The molecule has 1 fully saturated rings. The standard InChI is InChI=1S/C19H22N4O/c1-13-17(16-11-7-4-8-12-16)21-22-18(13)19(24)23-20-14(2)15-9-5-3-6-10-15/h3-13,17-18,21-22H,1-2H3,(H,23,24)/b20-14+. The van der Waals surface area contributed by atoms with Gasteiger partial charge in [0.2, 0.25) is 0 Å². The number of nitrogens with zero attached hydrogens (tertiary/aromatic N) is 1. The molecule has 0 spiro atoms. The lowest BCUT2D eigenvalue weighted by molar-refractivity contribution is -0.123. The van der Waals surface area contributed by atoms with E-state index in [0.717, 1.165) is 16.8 Å². The third-order valence-electron chi connectivity index (χ3n) is 4.41. The number of amides is 1. The molecule has 24 heavy (non-hydrogen) atoms. The van der Waals surface area contributed by atoms with Crippen molar-refractivity contribution < 1.29 is 4.79 Å². The molecule has 0 radical (unpaired) electrons. The molecule has 5 heteroatoms. The number of carbonyl (C=O) groups excluding carboxylic acids is 1. The normalized spacial score (nSPS) is 23.9. The molecule has 3 unspecified atom stereocenters. The third-order valence-corrected chi connectivity index (χ3v) is 4.41. The summed E-state index contributed by atoms with van der Waals surface area (Å²) in [5.74, 6) is -0.0247. The van der Waals surface area contributed by atoms with Gasteiger partial charge in [0.15, 0.2) is 0 Å². The number of nitrogens with one attached hydrogen (secondary N) is 3. The molecule has 0 saturated carbocycles. The third kappa shape index (κ3) is 3.53. The summed E-state index contributed by atoms with van der Waals surface area (Å²) in [7, 11) is 0. The Hall–Kier alpha value is -2.50. The second-order valence-electron chi connectivity index (χ2n) is 6.05. The van der Waals surface area contributed by atoms with Crippen LogP contribution < -0.4 is 16.3 Å². The minimum absolute atomic E-state index is 0.0983. The lowest BCUT2D eigenvalue weighted by Crippen LogP contribution is -2.43. The van der Waals surface area contributed by atoms with E-state index in [4.69, 9.17) is 0 Å². The molecule has 1 heterocycles. The van der Waals surface area contributed by atoms with Gasteiger partial charge in [-0.2, -0.15) is 5.10 Å². The Morgan fingerprint density at radius 2 is 1.62 bits per heavy atom. The fourth-order valence-electron chi connectivity index (χ4n) is 2.94. The highest BCUT2D eigenvalue weighted by molar-refractivity contribution is 5.99. The first-order valence-corrected chi connectivity index (χ1v) is 8.12. The number of hydrazine groups is 1. The summed E-state index contributed by atoms with van der Waals surface area (Å²) < 4.78 is 0. The molecule has 0 bridgehead atoms. The van der Waals surface area contributed by atoms with Crippen LogP contribution in [0.4, 0.5) is 0 Å². The second kappa shape index (κ2) is 7.38. The van der Waals surface area contributed by atoms with Crippen LogP contribution in [0, 0.1) is 5.92 Å². The summed E-state index contributed by atoms with van der Waals surface area (Å²) in [4.78, 5) is 12.4. The van der Waals surface area contributed by atoms with E-state index in [1.54, 1.807) is 0 Å². The number of rotatable bonds is 4. The summed E-state index contributed by atoms with van der Waals surface area (Å²) in [5.41, 5.74) is 11.9. The van der Waals surface area contributed by atoms with E-state index in [1.807, 2.05) is 55.5 Å². The van der Waals surface area contributed by atoms with E-state index in [9.17, 15) is 4.79 Å². The number of hydrazone groups is 1. The van der Waals surface area contributed by atoms with Gasteiger partial charge in [-0.3, -0.25) is 4.79 Å². The van der Waals surface area contributed by atoms with E-state index in [-0.39, 0.29) is 23.9 Å². The molecule has 0 aliphatic carbocycles. The Labute approximate surface area is 142 Å². The molecule has 2 aromatic rings. The van der Waals surface area contributed by atoms with Crippen molar-refractivity contribution in [1.82, 2.24) is 16.3 Å². The quantitative estimate of drug-likeness (QED) is 0.598. The molecule has 1 saturated heterocycles. The highest BCUT2D eigenvalue weighted by Gasteiger charge is 2.37. The van der Waals surface area contributed by atoms with Crippen LogP contribution in [0.2, 0.25) is 0 Å². The average Bonchev–Trinajstić information content (AvgIpc) is 3.02. The van der Waals surface area contributed by atoms with Gasteiger partial charge in [0.25, 0.3) is 5.91 Å². The maximum atomic E-state index is 12.4. The van der Waals surface area contributed by atoms with E-state index in [0.29, 0.717) is 0 Å². The van der Waals surface area contributed by atoms with Crippen LogP contribution in [0.1, 0.15) is 31.0 Å². The van der Waals surface area contributed by atoms with Gasteiger partial charge in [-0.05, 0) is 18.1 Å². The zero-order chi connectivity index (χ0) is 16.9. The van der Waals surface area contributed by atoms with Crippen LogP contribution >= 0.6 is 0 Å². The molecule has 3 atom stereocenters. The number of carbonyl (C=O) groups is 1. The topological polar surface area (TPSA) is 65.5 Å². The molecule has 5 nitrogen and oxygen atoms in total. The van der Waals surface area contributed by atoms with Gasteiger partial charge in [0.1, 0.15) is 6.04 Å². The molecule has 3 rings (SSSR count). The molecule has 3 N–H and O–H groups in total. The van der Waals surface area contributed by atoms with E-state index in [2.05, 4.69) is 40.4 Å². The maximum Gasteiger partial charge on any atom is 0.258 e. The van der Waals surface area contributed by atoms with Crippen molar-refractivity contribution in [2.24, 2.45) is 11.0 Å². The number of hydrogen-bond donors (Lipinski definition) is 3. The minimum Gasteiger partial charge on any atom is -0.271 e. The summed E-state index contributed by atoms with van der Waals surface area (Å²) in [6.07, 6.45) is 0. The first kappa shape index (κ1) is 16.4. The molecule has 0 aromatic heterocycles. The smallest absolute Gasteiger partial charge is 0.258 e. The van der Waals surface area contributed by atoms with Crippen LogP contribution in [0.25, 0.3) is 0 Å². The van der Waals surface area contributed by atoms with Gasteiger partial charge in [-0.25, -0.2) is 16.3 Å². The Kier molecular flexibility index (Phi) is 5.03. The fourth-order valence-corrected chi connectivity index (χ4v) is 2.94. The van der Waals surface area contributed by atoms with Crippen molar-refractivity contribution in [2.75, 3.05) is 0 Å². The van der Waals surface area contributed by atoms with Crippen LogP contribution in [0.3, 0.4) is 0 Å². The highest BCUT2D eigenvalue weighted by atomic mass is 16.2. The summed E-state index contributed by atoms with van der Waals surface area (Å²) in [5, 5.41) is 4.22. The van der Waals surface area contributed by atoms with Gasteiger partial charge in [-0.1, -0.05) is 67.6 Å². The molecule has 1 aliphatic rings. The molecular formula is C19H22N4O. The Morgan fingerprint density at radius 3 is 2.29 bits per heavy atom. The van der Waals surface area contributed by atoms with Crippen molar-refractivity contribution in [3.63, 3.8) is 0 Å². The first-order chi connectivity index (χ1) is 11.7. The summed E-state index contributed by atoms with van der Waals surface area (Å²) >= 11 is 0. The molecule has 2 aromatic carbocycles. The van der Waals surface area contributed by atoms with E-state index < -0.39 is 0 Å². The number of benzene rings is 2. The van der Waals surface area contributed by atoms with Crippen molar-refractivity contribution in [3.8, 4) is 0 Å². The fraction of sp³-hybridized carbons (Fsp3) is 0.263. The van der Waals surface area contributed by atoms with Gasteiger partial charge in [0, 0.05) is 5.92 Å². The van der Waals surface area contributed by atoms with Crippen molar-refractivity contribution >= 4 is 11.6 Å². The van der Waals surface area contributed by atoms with E-state index in [1.165, 1.54) is 0 Å². The van der Waals surface area contributed by atoms with Crippen LogP contribution in [0.5, 0.6) is 0 Å². The second-order valence-corrected chi connectivity index (χ2v) is 6.05. The molecule has 124 valence electrons. The Bertz CT molecular complexity index is 715. The maximum absolute atomic E-state index is 12.4.